The molecule has 0 bridgehead atoms. The number of pyridine rings is 1. The van der Waals surface area contributed by atoms with E-state index in [0.29, 0.717) is 22.7 Å². The van der Waals surface area contributed by atoms with E-state index in [4.69, 9.17) is 5.84 Å². The van der Waals surface area contributed by atoms with E-state index in [1.807, 2.05) is 6.92 Å². The molecule has 1 spiro atoms. The molecule has 0 aromatic carbocycles. The molecule has 3 N–H and O–H groups in total. The van der Waals surface area contributed by atoms with Gasteiger partial charge in [0.15, 0.2) is 0 Å². The van der Waals surface area contributed by atoms with Gasteiger partial charge in [-0.1, -0.05) is 6.42 Å². The zero-order chi connectivity index (χ0) is 18.3. The Morgan fingerprint density at radius 2 is 2.08 bits per heavy atom. The molecule has 1 aliphatic carbocycles. The van der Waals surface area contributed by atoms with E-state index in [1.54, 1.807) is 22.9 Å². The Morgan fingerprint density at radius 3 is 2.73 bits per heavy atom. The summed E-state index contributed by atoms with van der Waals surface area (Å²) in [5.74, 6) is 5.40. The van der Waals surface area contributed by atoms with Crippen LogP contribution in [0.15, 0.2) is 34.6 Å². The van der Waals surface area contributed by atoms with Crippen molar-refractivity contribution >= 4 is 11.6 Å². The largest absolute Gasteiger partial charge is 0.327 e. The van der Waals surface area contributed by atoms with Crippen molar-refractivity contribution in [3.8, 4) is 0 Å². The van der Waals surface area contributed by atoms with Crippen LogP contribution in [0.25, 0.3) is 0 Å². The molecule has 1 saturated carbocycles. The number of nitrogens with two attached hydrogens (primary N) is 1. The number of carbonyl (C=O) groups is 1. The summed E-state index contributed by atoms with van der Waals surface area (Å²) in [4.78, 5) is 34.0. The number of fused-ring (bicyclic) bond motifs is 2. The van der Waals surface area contributed by atoms with Gasteiger partial charge >= 0.3 is 0 Å². The van der Waals surface area contributed by atoms with Gasteiger partial charge in [0.1, 0.15) is 23.4 Å². The summed E-state index contributed by atoms with van der Waals surface area (Å²) < 4.78 is 1.63. The molecule has 2 aliphatic rings. The van der Waals surface area contributed by atoms with Gasteiger partial charge in [-0.2, -0.15) is 5.10 Å². The minimum atomic E-state index is -0.645. The van der Waals surface area contributed by atoms with Crippen LogP contribution in [-0.4, -0.2) is 26.2 Å². The van der Waals surface area contributed by atoms with E-state index >= 15 is 0 Å². The van der Waals surface area contributed by atoms with Gasteiger partial charge in [-0.15, -0.1) is 0 Å². The molecular weight excluding hydrogens is 332 g/mol. The summed E-state index contributed by atoms with van der Waals surface area (Å²) in [6.45, 7) is 1.82. The number of carbonyl (C=O) groups excluding carboxylic acids is 1. The van der Waals surface area contributed by atoms with Crippen molar-refractivity contribution in [1.29, 1.82) is 0 Å². The quantitative estimate of drug-likeness (QED) is 0.476. The molecule has 0 unspecified atom stereocenters. The van der Waals surface area contributed by atoms with Gasteiger partial charge in [-0.3, -0.25) is 14.2 Å². The molecule has 0 radical (unpaired) electrons. The molecule has 1 fully saturated rings. The third-order valence-electron chi connectivity index (χ3n) is 5.27. The zero-order valence-electron chi connectivity index (χ0n) is 14.5. The first-order valence-corrected chi connectivity index (χ1v) is 8.72. The van der Waals surface area contributed by atoms with Gasteiger partial charge < -0.3 is 11.2 Å². The Morgan fingerprint density at radius 1 is 1.31 bits per heavy atom. The van der Waals surface area contributed by atoms with Gasteiger partial charge in [0.2, 0.25) is 0 Å². The average Bonchev–Trinajstić information content (AvgIpc) is 2.93. The maximum atomic E-state index is 13.4. The van der Waals surface area contributed by atoms with Crippen LogP contribution in [0.5, 0.6) is 0 Å². The number of hydrazone groups is 1. The summed E-state index contributed by atoms with van der Waals surface area (Å²) in [5, 5.41) is 6.88. The molecule has 8 heteroatoms. The van der Waals surface area contributed by atoms with E-state index in [9.17, 15) is 9.59 Å². The fraction of sp³-hybridized carbons (Fsp3) is 0.389. The Labute approximate surface area is 150 Å². The molecule has 26 heavy (non-hydrogen) atoms. The number of amides is 1. The first-order chi connectivity index (χ1) is 12.6. The fourth-order valence-electron chi connectivity index (χ4n) is 4.12. The van der Waals surface area contributed by atoms with Gasteiger partial charge in [0.05, 0.1) is 11.3 Å². The number of aromatic nitrogens is 3. The minimum absolute atomic E-state index is 0.193. The highest BCUT2D eigenvalue weighted by Gasteiger charge is 2.45. The summed E-state index contributed by atoms with van der Waals surface area (Å²) in [6.07, 6.45) is 7.49. The van der Waals surface area contributed by atoms with E-state index in [1.165, 1.54) is 6.33 Å². The molecular formula is C18H20N6O2. The molecule has 8 nitrogen and oxygen atoms in total. The summed E-state index contributed by atoms with van der Waals surface area (Å²) >= 11 is 0. The molecule has 2 aromatic heterocycles. The molecule has 2 aromatic rings. The topological polar surface area (TPSA) is 115 Å². The molecule has 4 rings (SSSR count). The lowest BCUT2D eigenvalue weighted by Gasteiger charge is -2.35. The van der Waals surface area contributed by atoms with Crippen LogP contribution in [0.2, 0.25) is 0 Å². The fourth-order valence-corrected chi connectivity index (χ4v) is 4.12. The molecule has 0 atom stereocenters. The first-order valence-electron chi connectivity index (χ1n) is 8.72. The van der Waals surface area contributed by atoms with Crippen molar-refractivity contribution < 1.29 is 4.79 Å². The lowest BCUT2D eigenvalue weighted by Crippen LogP contribution is -2.49. The van der Waals surface area contributed by atoms with Gasteiger partial charge in [0, 0.05) is 6.20 Å². The highest BCUT2D eigenvalue weighted by atomic mass is 16.2. The van der Waals surface area contributed by atoms with Crippen molar-refractivity contribution in [2.75, 3.05) is 0 Å². The monoisotopic (exact) mass is 352 g/mol. The summed E-state index contributed by atoms with van der Waals surface area (Å²) in [7, 11) is 0. The maximum absolute atomic E-state index is 13.4. The normalized spacial score (nSPS) is 18.7. The molecule has 3 heterocycles. The van der Waals surface area contributed by atoms with Crippen molar-refractivity contribution in [3.63, 3.8) is 0 Å². The number of aryl methyl sites for hydroxylation is 1. The number of nitrogens with one attached hydrogen (secondary N) is 1. The predicted octanol–water partition coefficient (Wildman–Crippen LogP) is 1.02. The van der Waals surface area contributed by atoms with E-state index in [-0.39, 0.29) is 11.5 Å². The van der Waals surface area contributed by atoms with Crippen LogP contribution >= 0.6 is 0 Å². The van der Waals surface area contributed by atoms with Gasteiger partial charge in [-0.25, -0.2) is 9.97 Å². The highest BCUT2D eigenvalue weighted by molar-refractivity contribution is 6.11. The van der Waals surface area contributed by atoms with Crippen molar-refractivity contribution in [3.05, 3.63) is 57.5 Å². The molecule has 1 amide bonds. The lowest BCUT2D eigenvalue weighted by molar-refractivity contribution is 0.0876. The van der Waals surface area contributed by atoms with Crippen molar-refractivity contribution in [2.24, 2.45) is 10.9 Å². The van der Waals surface area contributed by atoms with Gasteiger partial charge in [-0.05, 0) is 50.3 Å². The highest BCUT2D eigenvalue weighted by Crippen LogP contribution is 2.37. The van der Waals surface area contributed by atoms with Crippen LogP contribution in [0.1, 0.15) is 59.4 Å². The third kappa shape index (κ3) is 2.33. The second-order valence-electron chi connectivity index (χ2n) is 6.85. The molecule has 134 valence electrons. The number of rotatable bonds is 2. The number of nitrogens with zero attached hydrogens (tertiary/aromatic N) is 4. The summed E-state index contributed by atoms with van der Waals surface area (Å²) in [6, 6.07) is 3.32. The average molecular weight is 352 g/mol. The lowest BCUT2D eigenvalue weighted by atomic mass is 9.89. The van der Waals surface area contributed by atoms with Crippen molar-refractivity contribution in [2.45, 2.75) is 44.7 Å². The SMILES string of the molecule is Cc1cc(C(=NN)c2ccncn2)c(=O)n2c1C(=O)NC21CCCCC1. The predicted molar refractivity (Wildman–Crippen MR) is 95.8 cm³/mol. The smallest absolute Gasteiger partial charge is 0.270 e. The second kappa shape index (κ2) is 6.05. The number of hydrogen-bond acceptors (Lipinski definition) is 6. The van der Waals surface area contributed by atoms with Gasteiger partial charge in [0.25, 0.3) is 11.5 Å². The molecule has 1 aliphatic heterocycles. The Bertz CT molecular complexity index is 958. The van der Waals surface area contributed by atoms with E-state index < -0.39 is 5.66 Å². The summed E-state index contributed by atoms with van der Waals surface area (Å²) in [5.41, 5.74) is 1.33. The third-order valence-corrected chi connectivity index (χ3v) is 5.27. The second-order valence-corrected chi connectivity index (χ2v) is 6.85. The zero-order valence-corrected chi connectivity index (χ0v) is 14.5. The van der Waals surface area contributed by atoms with Crippen LogP contribution in [-0.2, 0) is 5.66 Å². The van der Waals surface area contributed by atoms with Crippen LogP contribution in [0, 0.1) is 6.92 Å². The Kier molecular flexibility index (Phi) is 3.82. The Hall–Kier alpha value is -3.03. The standard InChI is InChI=1S/C18H20N6O2/c1-11-9-12(14(23-19)13-5-8-20-10-21-13)17(26)24-15(11)16(25)22-18(24)6-3-2-4-7-18/h5,8-10H,2-4,6-7,19H2,1H3,(H,22,25). The van der Waals surface area contributed by atoms with E-state index in [0.717, 1.165) is 37.7 Å². The maximum Gasteiger partial charge on any atom is 0.270 e. The van der Waals surface area contributed by atoms with Crippen LogP contribution in [0.4, 0.5) is 0 Å². The van der Waals surface area contributed by atoms with E-state index in [2.05, 4.69) is 20.4 Å². The van der Waals surface area contributed by atoms with Crippen molar-refractivity contribution in [1.82, 2.24) is 19.9 Å². The first kappa shape index (κ1) is 16.4. The van der Waals surface area contributed by atoms with Crippen LogP contribution in [0.3, 0.4) is 0 Å². The molecule has 0 saturated heterocycles. The van der Waals surface area contributed by atoms with Crippen LogP contribution < -0.4 is 16.7 Å². The Balaban J connectivity index is 1.95. The minimum Gasteiger partial charge on any atom is -0.327 e. The number of hydrogen-bond donors (Lipinski definition) is 2.